The molecule has 0 fully saturated rings. The number of benzene rings is 1. The maximum absolute atomic E-state index is 5.91. The highest BCUT2D eigenvalue weighted by atomic mass is 127. The Hall–Kier alpha value is -1.55. The number of fused-ring (bicyclic) bond motifs is 1. The number of aromatic nitrogens is 3. The Labute approximate surface area is 201 Å². The average molecular weight is 547 g/mol. The van der Waals surface area contributed by atoms with Crippen molar-refractivity contribution in [1.29, 1.82) is 0 Å². The predicted molar refractivity (Wildman–Crippen MR) is 132 cm³/mol. The van der Waals surface area contributed by atoms with Crippen molar-refractivity contribution in [3.05, 3.63) is 40.9 Å². The molecule has 0 radical (unpaired) electrons. The van der Waals surface area contributed by atoms with Crippen LogP contribution in [0.5, 0.6) is 5.75 Å². The van der Waals surface area contributed by atoms with Gasteiger partial charge >= 0.3 is 0 Å². The number of rotatable bonds is 8. The summed E-state index contributed by atoms with van der Waals surface area (Å²) in [6.45, 7) is 7.22. The van der Waals surface area contributed by atoms with Crippen molar-refractivity contribution in [3.8, 4) is 5.75 Å². The fourth-order valence-corrected chi connectivity index (χ4v) is 3.49. The fourth-order valence-electron chi connectivity index (χ4n) is 3.37. The van der Waals surface area contributed by atoms with E-state index in [1.165, 1.54) is 19.3 Å². The summed E-state index contributed by atoms with van der Waals surface area (Å²) < 4.78 is 8.18. The molecule has 2 N–H and O–H groups in total. The molecular formula is C21H32ClIN6O. The van der Waals surface area contributed by atoms with Gasteiger partial charge in [-0.3, -0.25) is 0 Å². The molecular weight excluding hydrogens is 515 g/mol. The van der Waals surface area contributed by atoms with Gasteiger partial charge in [0.1, 0.15) is 23.5 Å². The van der Waals surface area contributed by atoms with Gasteiger partial charge in [0.05, 0.1) is 6.54 Å². The first kappa shape index (κ1) is 24.7. The highest BCUT2D eigenvalue weighted by Gasteiger charge is 2.14. The summed E-state index contributed by atoms with van der Waals surface area (Å²) in [4.78, 5) is 4.65. The Morgan fingerprint density at radius 1 is 1.20 bits per heavy atom. The number of hydrogen-bond donors (Lipinski definition) is 2. The van der Waals surface area contributed by atoms with E-state index >= 15 is 0 Å². The summed E-state index contributed by atoms with van der Waals surface area (Å²) in [6, 6.07) is 7.38. The zero-order valence-electron chi connectivity index (χ0n) is 17.7. The maximum atomic E-state index is 5.91. The summed E-state index contributed by atoms with van der Waals surface area (Å²) in [5, 5.41) is 16.1. The number of guanidine groups is 1. The highest BCUT2D eigenvalue weighted by molar-refractivity contribution is 14.0. The second kappa shape index (κ2) is 13.0. The Bertz CT molecular complexity index is 795. The minimum absolute atomic E-state index is 0. The maximum Gasteiger partial charge on any atom is 0.191 e. The molecule has 166 valence electrons. The van der Waals surface area contributed by atoms with Crippen LogP contribution in [0.3, 0.4) is 0 Å². The van der Waals surface area contributed by atoms with Gasteiger partial charge in [-0.15, -0.1) is 34.2 Å². The van der Waals surface area contributed by atoms with Gasteiger partial charge in [-0.1, -0.05) is 18.0 Å². The molecule has 0 saturated heterocycles. The van der Waals surface area contributed by atoms with Crippen LogP contribution < -0.4 is 15.4 Å². The Morgan fingerprint density at radius 2 is 2.00 bits per heavy atom. The van der Waals surface area contributed by atoms with Crippen molar-refractivity contribution in [2.45, 2.75) is 58.6 Å². The number of nitrogens with one attached hydrogen (secondary N) is 2. The van der Waals surface area contributed by atoms with Crippen LogP contribution in [-0.4, -0.2) is 46.5 Å². The number of nitrogens with zero attached hydrogens (tertiary/aromatic N) is 4. The van der Waals surface area contributed by atoms with Crippen molar-refractivity contribution in [2.24, 2.45) is 4.99 Å². The molecule has 1 aliphatic heterocycles. The highest BCUT2D eigenvalue weighted by Crippen LogP contribution is 2.17. The molecule has 2 heterocycles. The lowest BCUT2D eigenvalue weighted by molar-refractivity contribution is 0.230. The molecule has 0 spiro atoms. The molecule has 7 nitrogen and oxygen atoms in total. The van der Waals surface area contributed by atoms with E-state index in [1.54, 1.807) is 0 Å². The third kappa shape index (κ3) is 7.61. The standard InChI is InChI=1S/C21H31ClN6O.HI/c1-3-23-21(25-15-16(2)29-18-10-8-17(22)9-11-18)24-13-12-20-27-26-19-7-5-4-6-14-28(19)20;/h8-11,16H,3-7,12-15H2,1-2H3,(H2,23,24,25);1H. The molecule has 1 aromatic heterocycles. The monoisotopic (exact) mass is 546 g/mol. The molecule has 0 saturated carbocycles. The van der Waals surface area contributed by atoms with E-state index in [1.807, 2.05) is 31.2 Å². The zero-order valence-corrected chi connectivity index (χ0v) is 20.8. The van der Waals surface area contributed by atoms with Gasteiger partial charge in [-0.05, 0) is 51.0 Å². The number of halogens is 2. The smallest absolute Gasteiger partial charge is 0.191 e. The van der Waals surface area contributed by atoms with Crippen molar-refractivity contribution in [1.82, 2.24) is 25.4 Å². The van der Waals surface area contributed by atoms with Crippen LogP contribution in [0.2, 0.25) is 5.02 Å². The quantitative estimate of drug-likeness (QED) is 0.299. The molecule has 1 unspecified atom stereocenters. The van der Waals surface area contributed by atoms with Crippen molar-refractivity contribution in [2.75, 3.05) is 19.6 Å². The molecule has 30 heavy (non-hydrogen) atoms. The lowest BCUT2D eigenvalue weighted by Gasteiger charge is -2.15. The third-order valence-electron chi connectivity index (χ3n) is 4.83. The number of aliphatic imine (C=N–C) groups is 1. The molecule has 9 heteroatoms. The van der Waals surface area contributed by atoms with Crippen LogP contribution in [0.1, 0.15) is 44.8 Å². The Kier molecular flexibility index (Phi) is 10.7. The largest absolute Gasteiger partial charge is 0.489 e. The van der Waals surface area contributed by atoms with Gasteiger partial charge in [0.25, 0.3) is 0 Å². The summed E-state index contributed by atoms with van der Waals surface area (Å²) in [5.74, 6) is 3.77. The fraction of sp³-hybridized carbons (Fsp3) is 0.571. The SMILES string of the molecule is CCNC(=NCC(C)Oc1ccc(Cl)cc1)NCCc1nnc2n1CCCCC2.I. The second-order valence-electron chi connectivity index (χ2n) is 7.27. The van der Waals surface area contributed by atoms with Crippen LogP contribution in [0.15, 0.2) is 29.3 Å². The molecule has 3 rings (SSSR count). The van der Waals surface area contributed by atoms with Gasteiger partial charge in [-0.2, -0.15) is 0 Å². The van der Waals surface area contributed by atoms with E-state index in [-0.39, 0.29) is 30.1 Å². The number of hydrogen-bond acceptors (Lipinski definition) is 4. The molecule has 1 aliphatic rings. The summed E-state index contributed by atoms with van der Waals surface area (Å²) in [7, 11) is 0. The van der Waals surface area contributed by atoms with E-state index in [9.17, 15) is 0 Å². The molecule has 0 amide bonds. The lowest BCUT2D eigenvalue weighted by atomic mass is 10.2. The van der Waals surface area contributed by atoms with Gasteiger partial charge in [0, 0.05) is 37.5 Å². The van der Waals surface area contributed by atoms with Crippen LogP contribution in [-0.2, 0) is 19.4 Å². The van der Waals surface area contributed by atoms with E-state index in [4.69, 9.17) is 16.3 Å². The first-order chi connectivity index (χ1) is 14.2. The number of aryl methyl sites for hydroxylation is 1. The van der Waals surface area contributed by atoms with Crippen molar-refractivity contribution in [3.63, 3.8) is 0 Å². The lowest BCUT2D eigenvalue weighted by Crippen LogP contribution is -2.39. The minimum Gasteiger partial charge on any atom is -0.489 e. The average Bonchev–Trinajstić information content (AvgIpc) is 2.94. The summed E-state index contributed by atoms with van der Waals surface area (Å²) >= 11 is 5.91. The van der Waals surface area contributed by atoms with E-state index < -0.39 is 0 Å². The first-order valence-electron chi connectivity index (χ1n) is 10.5. The van der Waals surface area contributed by atoms with Crippen LogP contribution in [0, 0.1) is 0 Å². The molecule has 1 aromatic carbocycles. The topological polar surface area (TPSA) is 76.4 Å². The zero-order chi connectivity index (χ0) is 20.5. The van der Waals surface area contributed by atoms with Crippen LogP contribution in [0.4, 0.5) is 0 Å². The molecule has 2 aromatic rings. The summed E-state index contributed by atoms with van der Waals surface area (Å²) in [5.41, 5.74) is 0. The van der Waals surface area contributed by atoms with E-state index in [0.29, 0.717) is 11.6 Å². The molecule has 0 bridgehead atoms. The van der Waals surface area contributed by atoms with Crippen LogP contribution in [0.25, 0.3) is 0 Å². The van der Waals surface area contributed by atoms with Gasteiger partial charge < -0.3 is 19.9 Å². The van der Waals surface area contributed by atoms with E-state index in [0.717, 1.165) is 55.8 Å². The van der Waals surface area contributed by atoms with E-state index in [2.05, 4.69) is 37.3 Å². The first-order valence-corrected chi connectivity index (χ1v) is 10.9. The third-order valence-corrected chi connectivity index (χ3v) is 5.08. The van der Waals surface area contributed by atoms with Crippen molar-refractivity contribution >= 4 is 41.5 Å². The van der Waals surface area contributed by atoms with Crippen molar-refractivity contribution < 1.29 is 4.74 Å². The van der Waals surface area contributed by atoms with Gasteiger partial charge in [0.15, 0.2) is 5.96 Å². The Balaban J connectivity index is 0.00000320. The number of ether oxygens (including phenoxy) is 1. The normalized spacial score (nSPS) is 14.8. The predicted octanol–water partition coefficient (Wildman–Crippen LogP) is 3.84. The molecule has 0 aliphatic carbocycles. The summed E-state index contributed by atoms with van der Waals surface area (Å²) in [6.07, 6.45) is 5.52. The van der Waals surface area contributed by atoms with Gasteiger partial charge in [0.2, 0.25) is 0 Å². The van der Waals surface area contributed by atoms with Crippen LogP contribution >= 0.6 is 35.6 Å². The van der Waals surface area contributed by atoms with Gasteiger partial charge in [-0.25, -0.2) is 4.99 Å². The second-order valence-corrected chi connectivity index (χ2v) is 7.71. The minimum atomic E-state index is -0.0427. The Morgan fingerprint density at radius 3 is 2.77 bits per heavy atom. The molecule has 1 atom stereocenters.